The summed E-state index contributed by atoms with van der Waals surface area (Å²) in [6.07, 6.45) is 1.47. The Kier molecular flexibility index (Phi) is 4.35. The molecule has 1 heterocycles. The van der Waals surface area contributed by atoms with E-state index in [0.717, 1.165) is 12.1 Å². The lowest BCUT2D eigenvalue weighted by Gasteiger charge is -2.10. The minimum atomic E-state index is -0.966. The number of amides is 1. The summed E-state index contributed by atoms with van der Waals surface area (Å²) in [6.45, 7) is 1.69. The monoisotopic (exact) mass is 360 g/mol. The van der Waals surface area contributed by atoms with Gasteiger partial charge < -0.3 is 5.32 Å². The Balaban J connectivity index is 2.39. The first-order valence-electron chi connectivity index (χ1n) is 5.47. The van der Waals surface area contributed by atoms with Gasteiger partial charge in [-0.3, -0.25) is 4.79 Å². The first-order valence-corrected chi connectivity index (χ1v) is 6.64. The van der Waals surface area contributed by atoms with Gasteiger partial charge in [-0.1, -0.05) is 27.5 Å². The summed E-state index contributed by atoms with van der Waals surface area (Å²) >= 11 is 8.79. The van der Waals surface area contributed by atoms with Gasteiger partial charge in [-0.05, 0) is 30.7 Å². The third-order valence-electron chi connectivity index (χ3n) is 2.59. The number of hydrogen-bond donors (Lipinski definition) is 1. The zero-order chi connectivity index (χ0) is 14.9. The van der Waals surface area contributed by atoms with E-state index in [9.17, 15) is 13.6 Å². The highest BCUT2D eigenvalue weighted by Crippen LogP contribution is 2.25. The van der Waals surface area contributed by atoms with Crippen molar-refractivity contribution in [3.63, 3.8) is 0 Å². The summed E-state index contributed by atoms with van der Waals surface area (Å²) in [6, 6.07) is 3.64. The predicted octanol–water partition coefficient (Wildman–Crippen LogP) is 4.34. The zero-order valence-electron chi connectivity index (χ0n) is 10.2. The van der Waals surface area contributed by atoms with Crippen LogP contribution in [-0.2, 0) is 0 Å². The van der Waals surface area contributed by atoms with Crippen LogP contribution < -0.4 is 5.32 Å². The third kappa shape index (κ3) is 2.96. The van der Waals surface area contributed by atoms with Crippen molar-refractivity contribution >= 4 is 39.1 Å². The lowest BCUT2D eigenvalue weighted by atomic mass is 10.1. The van der Waals surface area contributed by atoms with Crippen LogP contribution >= 0.6 is 27.5 Å². The molecular weight excluding hydrogens is 354 g/mol. The highest BCUT2D eigenvalue weighted by Gasteiger charge is 2.20. The van der Waals surface area contributed by atoms with Crippen LogP contribution in [0.3, 0.4) is 0 Å². The minimum Gasteiger partial charge on any atom is -0.319 e. The van der Waals surface area contributed by atoms with Gasteiger partial charge in [-0.25, -0.2) is 13.8 Å². The number of nitrogens with zero attached hydrogens (tertiary/aromatic N) is 1. The molecule has 1 aromatic heterocycles. The Labute approximate surface area is 127 Å². The van der Waals surface area contributed by atoms with E-state index in [1.807, 2.05) is 0 Å². The van der Waals surface area contributed by atoms with Crippen molar-refractivity contribution in [3.8, 4) is 0 Å². The molecule has 0 aliphatic heterocycles. The van der Waals surface area contributed by atoms with Crippen molar-refractivity contribution in [2.75, 3.05) is 5.32 Å². The Morgan fingerprint density at radius 1 is 1.35 bits per heavy atom. The van der Waals surface area contributed by atoms with Crippen LogP contribution in [0.1, 0.15) is 15.9 Å². The largest absolute Gasteiger partial charge is 0.319 e. The summed E-state index contributed by atoms with van der Waals surface area (Å²) in [4.78, 5) is 15.8. The molecule has 2 rings (SSSR count). The fourth-order valence-corrected chi connectivity index (χ4v) is 2.27. The highest BCUT2D eigenvalue weighted by atomic mass is 79.9. The molecule has 7 heteroatoms. The van der Waals surface area contributed by atoms with Crippen LogP contribution in [-0.4, -0.2) is 10.9 Å². The maximum Gasteiger partial charge on any atom is 0.261 e. The molecule has 104 valence electrons. The average Bonchev–Trinajstić information content (AvgIpc) is 2.32. The van der Waals surface area contributed by atoms with Crippen molar-refractivity contribution < 1.29 is 13.6 Å². The summed E-state index contributed by atoms with van der Waals surface area (Å²) in [5.41, 5.74) is 0.185. The standard InChI is InChI=1S/C13H8BrClF2N2O/c1-6-2-3-18-12(15)11(6)19-13(20)10-8(16)4-7(14)5-9(10)17/h2-5H,1H3,(H,19,20). The number of carbonyl (C=O) groups excluding carboxylic acids is 1. The van der Waals surface area contributed by atoms with Gasteiger partial charge in [0.2, 0.25) is 0 Å². The van der Waals surface area contributed by atoms with Gasteiger partial charge in [0.15, 0.2) is 5.15 Å². The van der Waals surface area contributed by atoms with E-state index in [-0.39, 0.29) is 15.3 Å². The van der Waals surface area contributed by atoms with Crippen LogP contribution in [0.25, 0.3) is 0 Å². The first-order chi connectivity index (χ1) is 9.40. The molecule has 0 aliphatic rings. The van der Waals surface area contributed by atoms with Gasteiger partial charge in [-0.15, -0.1) is 0 Å². The summed E-state index contributed by atoms with van der Waals surface area (Å²) in [7, 11) is 0. The molecular formula is C13H8BrClF2N2O. The molecule has 0 aliphatic carbocycles. The lowest BCUT2D eigenvalue weighted by Crippen LogP contribution is -2.17. The van der Waals surface area contributed by atoms with Gasteiger partial charge in [0.05, 0.1) is 5.69 Å². The molecule has 2 aromatic rings. The fraction of sp³-hybridized carbons (Fsp3) is 0.0769. The number of rotatable bonds is 2. The number of carbonyl (C=O) groups is 1. The number of nitrogens with one attached hydrogen (secondary N) is 1. The predicted molar refractivity (Wildman–Crippen MR) is 76.0 cm³/mol. The molecule has 3 nitrogen and oxygen atoms in total. The van der Waals surface area contributed by atoms with Crippen molar-refractivity contribution in [2.45, 2.75) is 6.92 Å². The second-order valence-corrected chi connectivity index (χ2v) is 5.27. The van der Waals surface area contributed by atoms with Gasteiger partial charge >= 0.3 is 0 Å². The molecule has 1 N–H and O–H groups in total. The summed E-state index contributed by atoms with van der Waals surface area (Å²) in [5.74, 6) is -2.86. The maximum absolute atomic E-state index is 13.7. The molecule has 1 amide bonds. The second kappa shape index (κ2) is 5.85. The number of pyridine rings is 1. The minimum absolute atomic E-state index is 0.0521. The Morgan fingerprint density at radius 2 is 1.95 bits per heavy atom. The van der Waals surface area contributed by atoms with E-state index < -0.39 is 23.1 Å². The first kappa shape index (κ1) is 14.9. The smallest absolute Gasteiger partial charge is 0.261 e. The third-order valence-corrected chi connectivity index (χ3v) is 3.33. The second-order valence-electron chi connectivity index (χ2n) is 3.99. The summed E-state index contributed by atoms with van der Waals surface area (Å²) < 4.78 is 27.6. The molecule has 20 heavy (non-hydrogen) atoms. The Bertz CT molecular complexity index is 651. The average molecular weight is 362 g/mol. The number of anilines is 1. The Hall–Kier alpha value is -1.53. The summed E-state index contributed by atoms with van der Waals surface area (Å²) in [5, 5.41) is 2.42. The van der Waals surface area contributed by atoms with E-state index in [4.69, 9.17) is 11.6 Å². The topological polar surface area (TPSA) is 42.0 Å². The van der Waals surface area contributed by atoms with Crippen molar-refractivity contribution in [1.82, 2.24) is 4.98 Å². The highest BCUT2D eigenvalue weighted by molar-refractivity contribution is 9.10. The Morgan fingerprint density at radius 3 is 2.50 bits per heavy atom. The van der Waals surface area contributed by atoms with Crippen LogP contribution in [0.15, 0.2) is 28.9 Å². The molecule has 0 saturated carbocycles. The molecule has 1 aromatic carbocycles. The van der Waals surface area contributed by atoms with Gasteiger partial charge in [0.25, 0.3) is 5.91 Å². The molecule has 0 spiro atoms. The van der Waals surface area contributed by atoms with E-state index >= 15 is 0 Å². The van der Waals surface area contributed by atoms with Crippen LogP contribution in [0.2, 0.25) is 5.15 Å². The van der Waals surface area contributed by atoms with E-state index in [2.05, 4.69) is 26.2 Å². The molecule has 0 saturated heterocycles. The maximum atomic E-state index is 13.7. The SMILES string of the molecule is Cc1ccnc(Cl)c1NC(=O)c1c(F)cc(Br)cc1F. The zero-order valence-corrected chi connectivity index (χ0v) is 12.5. The van der Waals surface area contributed by atoms with Crippen molar-refractivity contribution in [1.29, 1.82) is 0 Å². The van der Waals surface area contributed by atoms with Crippen molar-refractivity contribution in [2.24, 2.45) is 0 Å². The van der Waals surface area contributed by atoms with Gasteiger partial charge in [0, 0.05) is 10.7 Å². The molecule has 0 radical (unpaired) electrons. The number of aromatic nitrogens is 1. The number of aryl methyl sites for hydroxylation is 1. The molecule has 0 unspecified atom stereocenters. The van der Waals surface area contributed by atoms with E-state index in [1.54, 1.807) is 13.0 Å². The van der Waals surface area contributed by atoms with Crippen LogP contribution in [0, 0.1) is 18.6 Å². The number of halogens is 4. The van der Waals surface area contributed by atoms with Gasteiger partial charge in [0.1, 0.15) is 17.2 Å². The van der Waals surface area contributed by atoms with Crippen molar-refractivity contribution in [3.05, 3.63) is 56.8 Å². The van der Waals surface area contributed by atoms with Gasteiger partial charge in [-0.2, -0.15) is 0 Å². The fourth-order valence-electron chi connectivity index (χ4n) is 1.61. The molecule has 0 bridgehead atoms. The number of hydrogen-bond acceptors (Lipinski definition) is 2. The quantitative estimate of drug-likeness (QED) is 0.809. The van der Waals surface area contributed by atoms with Crippen LogP contribution in [0.4, 0.5) is 14.5 Å². The number of benzene rings is 1. The lowest BCUT2D eigenvalue weighted by molar-refractivity contribution is 0.101. The van der Waals surface area contributed by atoms with Crippen LogP contribution in [0.5, 0.6) is 0 Å². The van der Waals surface area contributed by atoms with E-state index in [1.165, 1.54) is 6.20 Å². The molecule has 0 fully saturated rings. The van der Waals surface area contributed by atoms with E-state index in [0.29, 0.717) is 5.56 Å². The molecule has 0 atom stereocenters. The normalized spacial score (nSPS) is 10.4.